The van der Waals surface area contributed by atoms with Gasteiger partial charge in [-0.25, -0.2) is 8.42 Å². The molecule has 3 aromatic carbocycles. The minimum Gasteiger partial charge on any atom is -0.390 e. The van der Waals surface area contributed by atoms with Crippen molar-refractivity contribution in [2.45, 2.75) is 38.3 Å². The third-order valence-corrected chi connectivity index (χ3v) is 7.62. The molecule has 0 fully saturated rings. The molecule has 0 aliphatic heterocycles. The predicted molar refractivity (Wildman–Crippen MR) is 132 cm³/mol. The molecule has 0 spiro atoms. The Bertz CT molecular complexity index is 1320. The molecule has 4 rings (SSSR count). The van der Waals surface area contributed by atoms with Gasteiger partial charge < -0.3 is 5.11 Å². The minimum atomic E-state index is -3.28. The Morgan fingerprint density at radius 1 is 0.879 bits per heavy atom. The van der Waals surface area contributed by atoms with Gasteiger partial charge >= 0.3 is 0 Å². The van der Waals surface area contributed by atoms with Gasteiger partial charge in [-0.2, -0.15) is 5.10 Å². The number of nitrogens with zero attached hydrogens (tertiary/aromatic N) is 2. The number of hydrogen-bond acceptors (Lipinski definition) is 4. The van der Waals surface area contributed by atoms with Crippen LogP contribution in [0, 0.1) is 6.92 Å². The number of rotatable bonds is 8. The lowest BCUT2D eigenvalue weighted by Gasteiger charge is -2.09. The Morgan fingerprint density at radius 2 is 1.52 bits per heavy atom. The average Bonchev–Trinajstić information content (AvgIpc) is 3.22. The number of aryl methyl sites for hydroxylation is 3. The number of aromatic nitrogens is 2. The zero-order chi connectivity index (χ0) is 23.4. The summed E-state index contributed by atoms with van der Waals surface area (Å²) in [5, 5.41) is 15.2. The van der Waals surface area contributed by atoms with Crippen molar-refractivity contribution in [3.8, 4) is 22.4 Å². The third kappa shape index (κ3) is 4.92. The highest BCUT2D eigenvalue weighted by atomic mass is 32.2. The van der Waals surface area contributed by atoms with Gasteiger partial charge in [-0.15, -0.1) is 0 Å². The molecular weight excluding hydrogens is 432 g/mol. The molecule has 0 aliphatic rings. The predicted octanol–water partition coefficient (Wildman–Crippen LogP) is 5.05. The molecule has 1 N–H and O–H groups in total. The summed E-state index contributed by atoms with van der Waals surface area (Å²) >= 11 is 0. The van der Waals surface area contributed by atoms with E-state index in [1.165, 1.54) is 5.56 Å². The van der Waals surface area contributed by atoms with E-state index >= 15 is 0 Å². The standard InChI is InChI=1S/C27H28N2O3S/c1-3-33(31,32)24-15-13-23(14-16-24)27-26(22-11-9-20(2)10-12-22)25(19-30)29(28-27)18-17-21-7-5-4-6-8-21/h4-16,30H,3,17-19H2,1-2H3. The Hall–Kier alpha value is -3.22. The first-order valence-corrected chi connectivity index (χ1v) is 12.7. The van der Waals surface area contributed by atoms with Crippen LogP contribution in [0.2, 0.25) is 0 Å². The number of benzene rings is 3. The molecule has 1 aromatic heterocycles. The van der Waals surface area contributed by atoms with Crippen molar-refractivity contribution >= 4 is 9.84 Å². The maximum atomic E-state index is 12.2. The summed E-state index contributed by atoms with van der Waals surface area (Å²) in [7, 11) is -3.28. The van der Waals surface area contributed by atoms with Crippen LogP contribution in [0.5, 0.6) is 0 Å². The summed E-state index contributed by atoms with van der Waals surface area (Å²) in [5.41, 5.74) is 6.48. The maximum absolute atomic E-state index is 12.2. The normalized spacial score (nSPS) is 11.6. The van der Waals surface area contributed by atoms with Crippen molar-refractivity contribution in [3.63, 3.8) is 0 Å². The summed E-state index contributed by atoms with van der Waals surface area (Å²) in [5.74, 6) is 0.0593. The molecule has 0 amide bonds. The highest BCUT2D eigenvalue weighted by molar-refractivity contribution is 7.91. The zero-order valence-corrected chi connectivity index (χ0v) is 19.7. The Labute approximate surface area is 195 Å². The van der Waals surface area contributed by atoms with E-state index in [0.717, 1.165) is 40.1 Å². The van der Waals surface area contributed by atoms with Crippen molar-refractivity contribution in [1.82, 2.24) is 9.78 Å². The Kier molecular flexibility index (Phi) is 6.77. The van der Waals surface area contributed by atoms with Crippen LogP contribution in [-0.2, 0) is 29.4 Å². The van der Waals surface area contributed by atoms with E-state index in [2.05, 4.69) is 12.1 Å². The SMILES string of the molecule is CCS(=O)(=O)c1ccc(-c2nn(CCc3ccccc3)c(CO)c2-c2ccc(C)cc2)cc1. The Morgan fingerprint density at radius 3 is 2.12 bits per heavy atom. The van der Waals surface area contributed by atoms with E-state index in [0.29, 0.717) is 11.4 Å². The lowest BCUT2D eigenvalue weighted by atomic mass is 9.98. The summed E-state index contributed by atoms with van der Waals surface area (Å²) in [6.45, 7) is 4.16. The topological polar surface area (TPSA) is 72.2 Å². The third-order valence-electron chi connectivity index (χ3n) is 5.87. The molecule has 6 heteroatoms. The maximum Gasteiger partial charge on any atom is 0.178 e. The largest absolute Gasteiger partial charge is 0.390 e. The number of sulfone groups is 1. The van der Waals surface area contributed by atoms with Gasteiger partial charge in [0.1, 0.15) is 5.69 Å². The lowest BCUT2D eigenvalue weighted by Crippen LogP contribution is -2.08. The van der Waals surface area contributed by atoms with Gasteiger partial charge in [0.15, 0.2) is 9.84 Å². The van der Waals surface area contributed by atoms with Crippen molar-refractivity contribution in [2.75, 3.05) is 5.75 Å². The molecule has 170 valence electrons. The van der Waals surface area contributed by atoms with Crippen molar-refractivity contribution in [2.24, 2.45) is 0 Å². The van der Waals surface area contributed by atoms with Crippen molar-refractivity contribution in [3.05, 3.63) is 95.7 Å². The highest BCUT2D eigenvalue weighted by Gasteiger charge is 2.21. The summed E-state index contributed by atoms with van der Waals surface area (Å²) in [4.78, 5) is 0.302. The smallest absolute Gasteiger partial charge is 0.178 e. The van der Waals surface area contributed by atoms with Gasteiger partial charge in [0.25, 0.3) is 0 Å². The van der Waals surface area contributed by atoms with E-state index in [-0.39, 0.29) is 12.4 Å². The number of aliphatic hydroxyl groups is 1. The lowest BCUT2D eigenvalue weighted by molar-refractivity contribution is 0.268. The molecule has 4 aromatic rings. The first kappa shape index (κ1) is 23.0. The fourth-order valence-electron chi connectivity index (χ4n) is 3.93. The fourth-order valence-corrected chi connectivity index (χ4v) is 4.82. The summed E-state index contributed by atoms with van der Waals surface area (Å²) in [6.07, 6.45) is 0.788. The Balaban J connectivity index is 1.80. The van der Waals surface area contributed by atoms with Crippen molar-refractivity contribution < 1.29 is 13.5 Å². The molecule has 0 saturated carbocycles. The van der Waals surface area contributed by atoms with Gasteiger partial charge in [0.05, 0.1) is 22.9 Å². The number of hydrogen-bond donors (Lipinski definition) is 1. The zero-order valence-electron chi connectivity index (χ0n) is 18.9. The van der Waals surface area contributed by atoms with E-state index in [4.69, 9.17) is 5.10 Å². The van der Waals surface area contributed by atoms with Gasteiger partial charge in [-0.3, -0.25) is 4.68 Å². The molecule has 1 heterocycles. The second kappa shape index (κ2) is 9.73. The van der Waals surface area contributed by atoms with Crippen LogP contribution in [0.1, 0.15) is 23.7 Å². The minimum absolute atomic E-state index is 0.0593. The van der Waals surface area contributed by atoms with E-state index < -0.39 is 9.84 Å². The van der Waals surface area contributed by atoms with Crippen LogP contribution < -0.4 is 0 Å². The first-order valence-electron chi connectivity index (χ1n) is 11.1. The van der Waals surface area contributed by atoms with Gasteiger partial charge in [0, 0.05) is 17.7 Å². The van der Waals surface area contributed by atoms with Crippen LogP contribution in [0.3, 0.4) is 0 Å². The van der Waals surface area contributed by atoms with Crippen molar-refractivity contribution in [1.29, 1.82) is 0 Å². The highest BCUT2D eigenvalue weighted by Crippen LogP contribution is 2.35. The number of aliphatic hydroxyl groups excluding tert-OH is 1. The fraction of sp³-hybridized carbons (Fsp3) is 0.222. The van der Waals surface area contributed by atoms with Crippen LogP contribution in [0.25, 0.3) is 22.4 Å². The quantitative estimate of drug-likeness (QED) is 0.399. The second-order valence-corrected chi connectivity index (χ2v) is 10.4. The van der Waals surface area contributed by atoms with Gasteiger partial charge in [-0.05, 0) is 36.6 Å². The molecule has 0 radical (unpaired) electrons. The van der Waals surface area contributed by atoms with Crippen LogP contribution in [-0.4, -0.2) is 29.1 Å². The van der Waals surface area contributed by atoms with E-state index in [1.807, 2.05) is 54.1 Å². The molecule has 5 nitrogen and oxygen atoms in total. The molecule has 0 atom stereocenters. The molecule has 0 bridgehead atoms. The van der Waals surface area contributed by atoms with Crippen LogP contribution in [0.4, 0.5) is 0 Å². The molecular formula is C27H28N2O3S. The molecule has 33 heavy (non-hydrogen) atoms. The monoisotopic (exact) mass is 460 g/mol. The average molecular weight is 461 g/mol. The first-order chi connectivity index (χ1) is 15.9. The van der Waals surface area contributed by atoms with Gasteiger partial charge in [0.2, 0.25) is 0 Å². The molecule has 0 saturated heterocycles. The summed E-state index contributed by atoms with van der Waals surface area (Å²) < 4.78 is 26.4. The molecule has 0 unspecified atom stereocenters. The summed E-state index contributed by atoms with van der Waals surface area (Å²) in [6, 6.07) is 25.2. The van der Waals surface area contributed by atoms with Crippen LogP contribution in [0.15, 0.2) is 83.8 Å². The van der Waals surface area contributed by atoms with E-state index in [9.17, 15) is 13.5 Å². The van der Waals surface area contributed by atoms with Gasteiger partial charge in [-0.1, -0.05) is 79.2 Å². The van der Waals surface area contributed by atoms with E-state index in [1.54, 1.807) is 31.2 Å². The van der Waals surface area contributed by atoms with Crippen LogP contribution >= 0.6 is 0 Å². The molecule has 0 aliphatic carbocycles. The second-order valence-electron chi connectivity index (χ2n) is 8.08.